The number of halogens is 8. The second kappa shape index (κ2) is 7.69. The van der Waals surface area contributed by atoms with Gasteiger partial charge in [-0.05, 0) is 13.3 Å². The number of rotatable bonds is 10. The van der Waals surface area contributed by atoms with Gasteiger partial charge in [0.15, 0.2) is 6.61 Å². The molecule has 0 saturated heterocycles. The normalized spacial score (nSPS) is 13.8. The number of hydrogen-bond donors (Lipinski definition) is 0. The van der Waals surface area contributed by atoms with E-state index in [1.54, 1.807) is 6.92 Å². The third-order valence-electron chi connectivity index (χ3n) is 3.14. The predicted molar refractivity (Wildman–Crippen MR) is 69.7 cm³/mol. The largest absolute Gasteiger partial charge is 0.456 e. The zero-order chi connectivity index (χ0) is 19.4. The minimum atomic E-state index is -6.43. The number of carbonyl (C=O) groups is 1. The van der Waals surface area contributed by atoms with Crippen LogP contribution in [0, 0.1) is 0 Å². The van der Waals surface area contributed by atoms with Crippen molar-refractivity contribution in [2.75, 3.05) is 6.61 Å². The van der Waals surface area contributed by atoms with Gasteiger partial charge in [-0.15, -0.1) is 0 Å². The first-order valence-electron chi connectivity index (χ1n) is 6.98. The van der Waals surface area contributed by atoms with Crippen molar-refractivity contribution >= 4 is 5.97 Å². The van der Waals surface area contributed by atoms with E-state index in [9.17, 15) is 39.9 Å². The van der Waals surface area contributed by atoms with E-state index in [1.165, 1.54) is 0 Å². The monoisotopic (exact) mass is 370 g/mol. The van der Waals surface area contributed by atoms with E-state index in [2.05, 4.69) is 11.3 Å². The SMILES string of the molecule is C=C(C)C(=O)OCC(F)(F)C(F)(F)C(F)(F)C(F)(F)CCCCC. The highest BCUT2D eigenvalue weighted by molar-refractivity contribution is 5.86. The summed E-state index contributed by atoms with van der Waals surface area (Å²) in [6.07, 6.45) is -1.83. The maximum Gasteiger partial charge on any atom is 0.381 e. The van der Waals surface area contributed by atoms with Crippen molar-refractivity contribution < 1.29 is 44.7 Å². The van der Waals surface area contributed by atoms with Crippen molar-refractivity contribution in [3.8, 4) is 0 Å². The van der Waals surface area contributed by atoms with Gasteiger partial charge in [0.1, 0.15) is 0 Å². The Kier molecular flexibility index (Phi) is 7.26. The van der Waals surface area contributed by atoms with Crippen LogP contribution >= 0.6 is 0 Å². The van der Waals surface area contributed by atoms with Crippen LogP contribution in [0.25, 0.3) is 0 Å². The molecule has 0 bridgehead atoms. The Morgan fingerprint density at radius 2 is 1.38 bits per heavy atom. The fourth-order valence-electron chi connectivity index (χ4n) is 1.58. The number of unbranched alkanes of at least 4 members (excludes halogenated alkanes) is 2. The van der Waals surface area contributed by atoms with Gasteiger partial charge in [-0.1, -0.05) is 26.3 Å². The molecule has 2 nitrogen and oxygen atoms in total. The lowest BCUT2D eigenvalue weighted by Crippen LogP contribution is -2.63. The van der Waals surface area contributed by atoms with E-state index >= 15 is 0 Å². The maximum absolute atomic E-state index is 13.4. The van der Waals surface area contributed by atoms with E-state index in [4.69, 9.17) is 0 Å². The summed E-state index contributed by atoms with van der Waals surface area (Å²) in [6, 6.07) is 0. The molecular weight excluding hydrogens is 352 g/mol. The molecule has 0 atom stereocenters. The van der Waals surface area contributed by atoms with Gasteiger partial charge in [-0.25, -0.2) is 4.79 Å². The van der Waals surface area contributed by atoms with Crippen molar-refractivity contribution in [2.45, 2.75) is 63.2 Å². The fraction of sp³-hybridized carbons (Fsp3) is 0.786. The summed E-state index contributed by atoms with van der Waals surface area (Å²) in [6.45, 7) is 3.04. The molecule has 24 heavy (non-hydrogen) atoms. The molecule has 0 aliphatic carbocycles. The summed E-state index contributed by atoms with van der Waals surface area (Å²) in [4.78, 5) is 10.9. The van der Waals surface area contributed by atoms with Crippen LogP contribution in [0.4, 0.5) is 35.1 Å². The Bertz CT molecular complexity index is 460. The predicted octanol–water partition coefficient (Wildman–Crippen LogP) is 5.23. The molecule has 0 saturated carbocycles. The first kappa shape index (κ1) is 22.6. The van der Waals surface area contributed by atoms with Crippen LogP contribution in [0.5, 0.6) is 0 Å². The lowest BCUT2D eigenvalue weighted by molar-refractivity contribution is -0.371. The molecule has 0 unspecified atom stereocenters. The van der Waals surface area contributed by atoms with Crippen molar-refractivity contribution in [3.05, 3.63) is 12.2 Å². The number of alkyl halides is 8. The average molecular weight is 370 g/mol. The molecule has 0 aliphatic heterocycles. The van der Waals surface area contributed by atoms with Crippen molar-refractivity contribution in [3.63, 3.8) is 0 Å². The van der Waals surface area contributed by atoms with E-state index in [-0.39, 0.29) is 6.42 Å². The summed E-state index contributed by atoms with van der Waals surface area (Å²) < 4.78 is 111. The van der Waals surface area contributed by atoms with Crippen LogP contribution in [-0.2, 0) is 9.53 Å². The topological polar surface area (TPSA) is 26.3 Å². The number of esters is 1. The van der Waals surface area contributed by atoms with Crippen LogP contribution in [0.3, 0.4) is 0 Å². The van der Waals surface area contributed by atoms with Crippen LogP contribution in [-0.4, -0.2) is 36.3 Å². The number of ether oxygens (including phenoxy) is 1. The van der Waals surface area contributed by atoms with Gasteiger partial charge >= 0.3 is 29.7 Å². The zero-order valence-corrected chi connectivity index (χ0v) is 13.1. The summed E-state index contributed by atoms with van der Waals surface area (Å²) in [5, 5.41) is 0. The molecule has 0 amide bonds. The van der Waals surface area contributed by atoms with E-state index in [1.807, 2.05) is 0 Å². The van der Waals surface area contributed by atoms with Gasteiger partial charge in [-0.2, -0.15) is 35.1 Å². The third kappa shape index (κ3) is 4.60. The van der Waals surface area contributed by atoms with Crippen molar-refractivity contribution in [2.24, 2.45) is 0 Å². The maximum atomic E-state index is 13.4. The highest BCUT2D eigenvalue weighted by Crippen LogP contribution is 2.54. The Labute approximate surface area is 133 Å². The standard InChI is InChI=1S/C14H18F8O2/c1-4-5-6-7-11(15,16)13(19,20)14(21,22)12(17,18)8-24-10(23)9(2)3/h2,4-8H2,1,3H3. The molecule has 0 aromatic heterocycles. The molecule has 10 heteroatoms. The molecule has 0 rings (SSSR count). The van der Waals surface area contributed by atoms with Crippen LogP contribution in [0.1, 0.15) is 39.5 Å². The Hall–Kier alpha value is -1.35. The zero-order valence-electron chi connectivity index (χ0n) is 13.1. The highest BCUT2D eigenvalue weighted by atomic mass is 19.4. The molecule has 0 fully saturated rings. The first-order chi connectivity index (χ1) is 10.6. The summed E-state index contributed by atoms with van der Waals surface area (Å²) in [7, 11) is 0. The molecule has 0 spiro atoms. The van der Waals surface area contributed by atoms with Crippen LogP contribution < -0.4 is 0 Å². The molecule has 0 N–H and O–H groups in total. The van der Waals surface area contributed by atoms with Crippen LogP contribution in [0.2, 0.25) is 0 Å². The summed E-state index contributed by atoms with van der Waals surface area (Å²) in [5.74, 6) is -25.3. The van der Waals surface area contributed by atoms with Crippen LogP contribution in [0.15, 0.2) is 12.2 Å². The van der Waals surface area contributed by atoms with Gasteiger partial charge in [0.05, 0.1) is 0 Å². The molecule has 0 heterocycles. The minimum absolute atomic E-state index is 0.0455. The molecular formula is C14H18F8O2. The number of hydrogen-bond acceptors (Lipinski definition) is 2. The molecule has 0 aliphatic rings. The smallest absolute Gasteiger partial charge is 0.381 e. The van der Waals surface area contributed by atoms with E-state index in [0.717, 1.165) is 6.92 Å². The molecule has 0 radical (unpaired) electrons. The van der Waals surface area contributed by atoms with Crippen molar-refractivity contribution in [1.29, 1.82) is 0 Å². The quantitative estimate of drug-likeness (QED) is 0.228. The second-order valence-corrected chi connectivity index (χ2v) is 5.37. The average Bonchev–Trinajstić information content (AvgIpc) is 2.44. The van der Waals surface area contributed by atoms with Crippen molar-refractivity contribution in [1.82, 2.24) is 0 Å². The molecule has 142 valence electrons. The minimum Gasteiger partial charge on any atom is -0.456 e. The van der Waals surface area contributed by atoms with Gasteiger partial charge in [0.25, 0.3) is 0 Å². The molecule has 0 aromatic rings. The van der Waals surface area contributed by atoms with E-state index < -0.39 is 54.7 Å². The Morgan fingerprint density at radius 1 is 0.917 bits per heavy atom. The van der Waals surface area contributed by atoms with Gasteiger partial charge in [0.2, 0.25) is 0 Å². The lowest BCUT2D eigenvalue weighted by Gasteiger charge is -2.36. The Morgan fingerprint density at radius 3 is 1.79 bits per heavy atom. The fourth-order valence-corrected chi connectivity index (χ4v) is 1.58. The van der Waals surface area contributed by atoms with Gasteiger partial charge in [0, 0.05) is 12.0 Å². The first-order valence-corrected chi connectivity index (χ1v) is 6.98. The summed E-state index contributed by atoms with van der Waals surface area (Å²) >= 11 is 0. The van der Waals surface area contributed by atoms with Gasteiger partial charge in [-0.3, -0.25) is 0 Å². The highest BCUT2D eigenvalue weighted by Gasteiger charge is 2.80. The van der Waals surface area contributed by atoms with E-state index in [0.29, 0.717) is 6.42 Å². The number of carbonyl (C=O) groups excluding carboxylic acids is 1. The Balaban J connectivity index is 5.34. The summed E-state index contributed by atoms with van der Waals surface area (Å²) in [5.41, 5.74) is -0.453. The third-order valence-corrected chi connectivity index (χ3v) is 3.14. The molecule has 0 aromatic carbocycles. The second-order valence-electron chi connectivity index (χ2n) is 5.37. The van der Waals surface area contributed by atoms with Gasteiger partial charge < -0.3 is 4.74 Å². The lowest BCUT2D eigenvalue weighted by atomic mass is 9.95.